The maximum absolute atomic E-state index is 11.9. The molecule has 0 saturated carbocycles. The number of carbonyl (C=O) groups is 2. The van der Waals surface area contributed by atoms with Crippen molar-refractivity contribution in [3.05, 3.63) is 48.0 Å². The third kappa shape index (κ3) is 3.50. The minimum Gasteiger partial charge on any atom is -0.497 e. The van der Waals surface area contributed by atoms with Crippen molar-refractivity contribution in [1.29, 1.82) is 0 Å². The third-order valence-corrected chi connectivity index (χ3v) is 6.54. The lowest BCUT2D eigenvalue weighted by atomic mass is 9.80. The highest BCUT2D eigenvalue weighted by molar-refractivity contribution is 5.96. The van der Waals surface area contributed by atoms with Crippen molar-refractivity contribution in [3.8, 4) is 11.5 Å². The van der Waals surface area contributed by atoms with Gasteiger partial charge in [0.15, 0.2) is 0 Å². The topological polar surface area (TPSA) is 96.3 Å². The number of carboxylic acids is 2. The molecule has 2 aliphatic heterocycles. The van der Waals surface area contributed by atoms with Gasteiger partial charge in [0.1, 0.15) is 17.6 Å². The van der Waals surface area contributed by atoms with Gasteiger partial charge >= 0.3 is 11.9 Å². The maximum atomic E-state index is 11.9. The molecule has 0 aliphatic carbocycles. The van der Waals surface area contributed by atoms with Crippen LogP contribution in [0.25, 0.3) is 10.8 Å². The Kier molecular flexibility index (Phi) is 5.15. The summed E-state index contributed by atoms with van der Waals surface area (Å²) in [6, 6.07) is 11.8. The molecule has 2 fully saturated rings. The number of methoxy groups -OCH3 is 1. The average molecular weight is 411 g/mol. The number of benzene rings is 2. The molecule has 3 atom stereocenters. The number of hydrogen-bond acceptors (Lipinski definition) is 5. The number of rotatable bonds is 6. The van der Waals surface area contributed by atoms with E-state index >= 15 is 0 Å². The van der Waals surface area contributed by atoms with Gasteiger partial charge in [-0.1, -0.05) is 12.1 Å². The van der Waals surface area contributed by atoms with Crippen LogP contribution in [0.3, 0.4) is 0 Å². The second-order valence-corrected chi connectivity index (χ2v) is 8.09. The van der Waals surface area contributed by atoms with Crippen LogP contribution in [0.4, 0.5) is 0 Å². The number of aliphatic carboxylic acids is 2. The van der Waals surface area contributed by atoms with Crippen molar-refractivity contribution in [2.45, 2.75) is 43.4 Å². The van der Waals surface area contributed by atoms with Crippen LogP contribution >= 0.6 is 0 Å². The molecule has 3 unspecified atom stereocenters. The normalized spacial score (nSPS) is 26.5. The second-order valence-electron chi connectivity index (χ2n) is 8.09. The van der Waals surface area contributed by atoms with Crippen LogP contribution in [-0.2, 0) is 9.59 Å². The largest absolute Gasteiger partial charge is 0.497 e. The second kappa shape index (κ2) is 7.65. The van der Waals surface area contributed by atoms with Crippen LogP contribution in [0.2, 0.25) is 0 Å². The quantitative estimate of drug-likeness (QED) is 0.704. The van der Waals surface area contributed by atoms with Crippen molar-refractivity contribution in [1.82, 2.24) is 4.90 Å². The molecule has 158 valence electrons. The van der Waals surface area contributed by atoms with Crippen LogP contribution in [-0.4, -0.2) is 58.9 Å². The first kappa shape index (κ1) is 20.2. The Hall–Kier alpha value is -3.06. The molecule has 2 saturated heterocycles. The van der Waals surface area contributed by atoms with Crippen LogP contribution in [0, 0.1) is 0 Å². The summed E-state index contributed by atoms with van der Waals surface area (Å²) in [5.41, 5.74) is -0.902. The highest BCUT2D eigenvalue weighted by Crippen LogP contribution is 2.48. The highest BCUT2D eigenvalue weighted by Gasteiger charge is 2.54. The summed E-state index contributed by atoms with van der Waals surface area (Å²) in [6.07, 6.45) is 3.29. The SMILES string of the molecule is COc1ccc2cc(OC3CC4CCC(/C(=C\C(=O)O)C(=O)O)(C3)N4C)ccc2c1. The van der Waals surface area contributed by atoms with E-state index in [1.165, 1.54) is 0 Å². The zero-order chi connectivity index (χ0) is 21.5. The molecule has 0 spiro atoms. The van der Waals surface area contributed by atoms with Gasteiger partial charge in [0.25, 0.3) is 0 Å². The van der Waals surface area contributed by atoms with Crippen molar-refractivity contribution < 1.29 is 29.3 Å². The van der Waals surface area contributed by atoms with E-state index in [-0.39, 0.29) is 17.7 Å². The Bertz CT molecular complexity index is 1030. The van der Waals surface area contributed by atoms with E-state index in [0.717, 1.165) is 41.2 Å². The first-order valence-electron chi connectivity index (χ1n) is 9.98. The first-order valence-corrected chi connectivity index (χ1v) is 9.98. The van der Waals surface area contributed by atoms with Crippen molar-refractivity contribution in [2.75, 3.05) is 14.2 Å². The van der Waals surface area contributed by atoms with Gasteiger partial charge in [-0.3, -0.25) is 4.90 Å². The molecule has 0 radical (unpaired) electrons. The lowest BCUT2D eigenvalue weighted by molar-refractivity contribution is -0.137. The van der Waals surface area contributed by atoms with Crippen LogP contribution in [0.5, 0.6) is 11.5 Å². The van der Waals surface area contributed by atoms with E-state index in [4.69, 9.17) is 9.47 Å². The molecule has 2 heterocycles. The minimum atomic E-state index is -1.24. The standard InChI is InChI=1S/C23H25NO6/c1-24-16-7-8-23(24,20(22(27)28)12-21(25)26)13-19(11-16)30-18-6-4-14-9-17(29-2)5-3-15(14)10-18/h3-6,9-10,12,16,19H,7-8,11,13H2,1-2H3,(H,25,26)(H,27,28)/b20-12-. The molecule has 7 heteroatoms. The molecular formula is C23H25NO6. The van der Waals surface area contributed by atoms with Gasteiger partial charge in [-0.15, -0.1) is 0 Å². The van der Waals surface area contributed by atoms with Crippen molar-refractivity contribution in [2.24, 2.45) is 0 Å². The molecule has 2 N–H and O–H groups in total. The summed E-state index contributed by atoms with van der Waals surface area (Å²) in [6.45, 7) is 0. The Balaban J connectivity index is 1.61. The molecule has 2 aromatic carbocycles. The van der Waals surface area contributed by atoms with E-state index in [2.05, 4.69) is 0 Å². The number of ether oxygens (including phenoxy) is 2. The van der Waals surface area contributed by atoms with Gasteiger partial charge in [-0.25, -0.2) is 9.59 Å². The molecular weight excluding hydrogens is 386 g/mol. The van der Waals surface area contributed by atoms with Gasteiger partial charge in [0.2, 0.25) is 0 Å². The van der Waals surface area contributed by atoms with Crippen molar-refractivity contribution in [3.63, 3.8) is 0 Å². The fraction of sp³-hybridized carbons (Fsp3) is 0.391. The lowest BCUT2D eigenvalue weighted by Gasteiger charge is -2.45. The van der Waals surface area contributed by atoms with Crippen LogP contribution in [0.1, 0.15) is 25.7 Å². The van der Waals surface area contributed by atoms with Gasteiger partial charge in [0.05, 0.1) is 18.2 Å². The number of carboxylic acid groups (broad SMARTS) is 2. The van der Waals surface area contributed by atoms with E-state index in [1.807, 2.05) is 48.3 Å². The monoisotopic (exact) mass is 411 g/mol. The number of nitrogens with zero attached hydrogens (tertiary/aromatic N) is 1. The molecule has 2 aromatic rings. The Morgan fingerprint density at radius 3 is 2.43 bits per heavy atom. The Morgan fingerprint density at radius 1 is 1.13 bits per heavy atom. The molecule has 7 nitrogen and oxygen atoms in total. The number of hydrogen-bond donors (Lipinski definition) is 2. The fourth-order valence-electron chi connectivity index (χ4n) is 5.05. The number of piperidine rings is 1. The smallest absolute Gasteiger partial charge is 0.333 e. The lowest BCUT2D eigenvalue weighted by Crippen LogP contribution is -2.55. The molecule has 2 bridgehead atoms. The molecule has 0 aromatic heterocycles. The molecule has 30 heavy (non-hydrogen) atoms. The fourth-order valence-corrected chi connectivity index (χ4v) is 5.05. The van der Waals surface area contributed by atoms with Gasteiger partial charge in [0, 0.05) is 18.5 Å². The number of likely N-dealkylation sites (N-methyl/N-ethyl adjacent to an activating group) is 1. The van der Waals surface area contributed by atoms with Crippen LogP contribution < -0.4 is 9.47 Å². The summed E-state index contributed by atoms with van der Waals surface area (Å²) >= 11 is 0. The third-order valence-electron chi connectivity index (χ3n) is 6.54. The number of fused-ring (bicyclic) bond motifs is 3. The van der Waals surface area contributed by atoms with Crippen LogP contribution in [0.15, 0.2) is 48.0 Å². The first-order chi connectivity index (χ1) is 14.3. The highest BCUT2D eigenvalue weighted by atomic mass is 16.5. The van der Waals surface area contributed by atoms with Gasteiger partial charge in [-0.05, 0) is 61.3 Å². The molecule has 4 rings (SSSR count). The zero-order valence-corrected chi connectivity index (χ0v) is 17.0. The van der Waals surface area contributed by atoms with E-state index in [0.29, 0.717) is 12.8 Å². The van der Waals surface area contributed by atoms with Gasteiger partial charge in [-0.2, -0.15) is 0 Å². The van der Waals surface area contributed by atoms with E-state index in [9.17, 15) is 19.8 Å². The predicted molar refractivity (Wildman–Crippen MR) is 111 cm³/mol. The maximum Gasteiger partial charge on any atom is 0.333 e. The minimum absolute atomic E-state index is 0.0705. The van der Waals surface area contributed by atoms with Gasteiger partial charge < -0.3 is 19.7 Å². The van der Waals surface area contributed by atoms with E-state index in [1.54, 1.807) is 7.11 Å². The van der Waals surface area contributed by atoms with Crippen molar-refractivity contribution >= 4 is 22.7 Å². The average Bonchev–Trinajstić information content (AvgIpc) is 2.89. The molecule has 2 aliphatic rings. The summed E-state index contributed by atoms with van der Waals surface area (Å²) in [4.78, 5) is 25.2. The summed E-state index contributed by atoms with van der Waals surface area (Å²) in [5.74, 6) is -0.927. The Morgan fingerprint density at radius 2 is 1.80 bits per heavy atom. The summed E-state index contributed by atoms with van der Waals surface area (Å²) in [7, 11) is 3.52. The summed E-state index contributed by atoms with van der Waals surface area (Å²) < 4.78 is 11.5. The van der Waals surface area contributed by atoms with E-state index < -0.39 is 17.5 Å². The summed E-state index contributed by atoms with van der Waals surface area (Å²) in [5, 5.41) is 21.0. The predicted octanol–water partition coefficient (Wildman–Crippen LogP) is 3.32. The Labute approximate surface area is 174 Å². The molecule has 0 amide bonds. The zero-order valence-electron chi connectivity index (χ0n) is 17.0.